The molecule has 0 aliphatic heterocycles. The zero-order chi connectivity index (χ0) is 15.0. The molecule has 0 aliphatic rings. The number of para-hydroxylation sites is 1. The summed E-state index contributed by atoms with van der Waals surface area (Å²) in [5.41, 5.74) is 2.61. The number of halogens is 3. The van der Waals surface area contributed by atoms with Crippen LogP contribution in [0.15, 0.2) is 36.4 Å². The van der Waals surface area contributed by atoms with E-state index >= 15 is 0 Å². The van der Waals surface area contributed by atoms with Crippen LogP contribution in [0.2, 0.25) is 10.0 Å². The molecule has 0 fully saturated rings. The molecule has 21 heavy (non-hydrogen) atoms. The molecule has 0 aliphatic carbocycles. The van der Waals surface area contributed by atoms with Crippen LogP contribution < -0.4 is 0 Å². The SMILES string of the molecule is N#Cc1ccc(Cl)c(-n2c(CCl)nc3cccc(Cl)c32)c1. The van der Waals surface area contributed by atoms with Crippen LogP contribution in [-0.2, 0) is 5.88 Å². The van der Waals surface area contributed by atoms with E-state index in [0.29, 0.717) is 27.1 Å². The maximum atomic E-state index is 9.07. The van der Waals surface area contributed by atoms with E-state index in [1.54, 1.807) is 28.8 Å². The third kappa shape index (κ3) is 2.36. The van der Waals surface area contributed by atoms with E-state index in [0.717, 1.165) is 11.0 Å². The molecule has 6 heteroatoms. The molecule has 0 atom stereocenters. The summed E-state index contributed by atoms with van der Waals surface area (Å²) in [5, 5.41) is 10.1. The highest BCUT2D eigenvalue weighted by molar-refractivity contribution is 6.35. The topological polar surface area (TPSA) is 41.6 Å². The highest BCUT2D eigenvalue weighted by Crippen LogP contribution is 2.32. The zero-order valence-electron chi connectivity index (χ0n) is 10.6. The summed E-state index contributed by atoms with van der Waals surface area (Å²) in [6.07, 6.45) is 0. The molecule has 0 saturated heterocycles. The van der Waals surface area contributed by atoms with E-state index in [9.17, 15) is 0 Å². The molecule has 0 saturated carbocycles. The Morgan fingerprint density at radius 2 is 1.95 bits per heavy atom. The fourth-order valence-electron chi connectivity index (χ4n) is 2.24. The minimum absolute atomic E-state index is 0.206. The molecule has 3 aromatic rings. The molecule has 0 bridgehead atoms. The average Bonchev–Trinajstić information content (AvgIpc) is 2.87. The van der Waals surface area contributed by atoms with Crippen molar-refractivity contribution in [3.05, 3.63) is 57.8 Å². The first kappa shape index (κ1) is 14.2. The number of alkyl halides is 1. The number of rotatable bonds is 2. The molecule has 0 unspecified atom stereocenters. The number of imidazole rings is 1. The summed E-state index contributed by atoms with van der Waals surface area (Å²) >= 11 is 18.6. The number of hydrogen-bond acceptors (Lipinski definition) is 2. The van der Waals surface area contributed by atoms with Crippen LogP contribution in [-0.4, -0.2) is 9.55 Å². The molecule has 3 nitrogen and oxygen atoms in total. The van der Waals surface area contributed by atoms with Gasteiger partial charge < -0.3 is 0 Å². The predicted octanol–water partition coefficient (Wildman–Crippen LogP) is 4.94. The van der Waals surface area contributed by atoms with Gasteiger partial charge in [0.05, 0.1) is 44.3 Å². The average molecular weight is 337 g/mol. The summed E-state index contributed by atoms with van der Waals surface area (Å²) in [6, 6.07) is 12.6. The van der Waals surface area contributed by atoms with Crippen molar-refractivity contribution in [2.24, 2.45) is 0 Å². The minimum Gasteiger partial charge on any atom is -0.292 e. The Morgan fingerprint density at radius 1 is 1.14 bits per heavy atom. The summed E-state index contributed by atoms with van der Waals surface area (Å²) in [7, 11) is 0. The van der Waals surface area contributed by atoms with E-state index in [1.807, 2.05) is 12.1 Å². The van der Waals surface area contributed by atoms with Crippen molar-refractivity contribution in [1.82, 2.24) is 9.55 Å². The van der Waals surface area contributed by atoms with Gasteiger partial charge in [0.1, 0.15) is 5.82 Å². The van der Waals surface area contributed by atoms with E-state index in [-0.39, 0.29) is 5.88 Å². The molecular formula is C15H8Cl3N3. The molecule has 1 aromatic heterocycles. The Labute approximate surface area is 136 Å². The van der Waals surface area contributed by atoms with Gasteiger partial charge >= 0.3 is 0 Å². The predicted molar refractivity (Wildman–Crippen MR) is 85.4 cm³/mol. The number of fused-ring (bicyclic) bond motifs is 1. The molecule has 0 N–H and O–H groups in total. The summed E-state index contributed by atoms with van der Waals surface area (Å²) in [5.74, 6) is 0.828. The molecular weight excluding hydrogens is 329 g/mol. The van der Waals surface area contributed by atoms with Gasteiger partial charge in [0, 0.05) is 0 Å². The number of nitrogens with zero attached hydrogens (tertiary/aromatic N) is 3. The fourth-order valence-corrected chi connectivity index (χ4v) is 2.87. The third-order valence-electron chi connectivity index (χ3n) is 3.13. The Morgan fingerprint density at radius 3 is 2.67 bits per heavy atom. The van der Waals surface area contributed by atoms with Gasteiger partial charge in [0.2, 0.25) is 0 Å². The Bertz CT molecular complexity index is 878. The van der Waals surface area contributed by atoms with Crippen molar-refractivity contribution >= 4 is 45.8 Å². The van der Waals surface area contributed by atoms with E-state index < -0.39 is 0 Å². The van der Waals surface area contributed by atoms with Crippen LogP contribution >= 0.6 is 34.8 Å². The maximum Gasteiger partial charge on any atom is 0.129 e. The maximum absolute atomic E-state index is 9.07. The standard InChI is InChI=1S/C15H8Cl3N3/c16-7-14-20-12-3-1-2-11(18)15(12)21(14)13-6-9(8-19)4-5-10(13)17/h1-6H,7H2. The lowest BCUT2D eigenvalue weighted by Crippen LogP contribution is -2.01. The van der Waals surface area contributed by atoms with Crippen LogP contribution in [0.4, 0.5) is 0 Å². The van der Waals surface area contributed by atoms with Crippen molar-refractivity contribution in [3.8, 4) is 11.8 Å². The van der Waals surface area contributed by atoms with Crippen molar-refractivity contribution < 1.29 is 0 Å². The Kier molecular flexibility index (Phi) is 3.77. The van der Waals surface area contributed by atoms with Crippen molar-refractivity contribution in [3.63, 3.8) is 0 Å². The first-order valence-electron chi connectivity index (χ1n) is 6.07. The van der Waals surface area contributed by atoms with Gasteiger partial charge in [-0.15, -0.1) is 11.6 Å². The quantitative estimate of drug-likeness (QED) is 0.622. The number of hydrogen-bond donors (Lipinski definition) is 0. The van der Waals surface area contributed by atoms with Crippen LogP contribution in [0.25, 0.3) is 16.7 Å². The van der Waals surface area contributed by atoms with Crippen LogP contribution in [0.3, 0.4) is 0 Å². The lowest BCUT2D eigenvalue weighted by molar-refractivity contribution is 0.981. The van der Waals surface area contributed by atoms with Crippen molar-refractivity contribution in [2.75, 3.05) is 0 Å². The van der Waals surface area contributed by atoms with Gasteiger partial charge in [0.25, 0.3) is 0 Å². The molecule has 0 amide bonds. The van der Waals surface area contributed by atoms with Gasteiger partial charge in [-0.2, -0.15) is 5.26 Å². The normalized spacial score (nSPS) is 10.8. The van der Waals surface area contributed by atoms with E-state index in [1.165, 1.54) is 0 Å². The third-order valence-corrected chi connectivity index (χ3v) is 4.00. The van der Waals surface area contributed by atoms with Crippen molar-refractivity contribution in [1.29, 1.82) is 5.26 Å². The second kappa shape index (κ2) is 5.57. The summed E-state index contributed by atoms with van der Waals surface area (Å²) in [6.45, 7) is 0. The van der Waals surface area contributed by atoms with Crippen LogP contribution in [0.1, 0.15) is 11.4 Å². The minimum atomic E-state index is 0.206. The summed E-state index contributed by atoms with van der Waals surface area (Å²) < 4.78 is 1.80. The molecule has 1 heterocycles. The van der Waals surface area contributed by atoms with E-state index in [2.05, 4.69) is 11.1 Å². The smallest absolute Gasteiger partial charge is 0.129 e. The van der Waals surface area contributed by atoms with Crippen molar-refractivity contribution in [2.45, 2.75) is 5.88 Å². The molecule has 0 spiro atoms. The van der Waals surface area contributed by atoms with Gasteiger partial charge in [-0.05, 0) is 30.3 Å². The lowest BCUT2D eigenvalue weighted by atomic mass is 10.2. The monoisotopic (exact) mass is 335 g/mol. The molecule has 3 rings (SSSR count). The number of nitriles is 1. The lowest BCUT2D eigenvalue weighted by Gasteiger charge is -2.11. The number of benzene rings is 2. The van der Waals surface area contributed by atoms with Gasteiger partial charge in [0.15, 0.2) is 0 Å². The largest absolute Gasteiger partial charge is 0.292 e. The second-order valence-corrected chi connectivity index (χ2v) is 5.46. The Hall–Kier alpha value is -1.73. The highest BCUT2D eigenvalue weighted by Gasteiger charge is 2.16. The first-order valence-corrected chi connectivity index (χ1v) is 7.36. The Balaban J connectivity index is 2.42. The zero-order valence-corrected chi connectivity index (χ0v) is 12.9. The van der Waals surface area contributed by atoms with Gasteiger partial charge in [-0.25, -0.2) is 4.98 Å². The second-order valence-electron chi connectivity index (χ2n) is 4.38. The first-order chi connectivity index (χ1) is 10.2. The molecule has 2 aromatic carbocycles. The molecule has 0 radical (unpaired) electrons. The number of aromatic nitrogens is 2. The van der Waals surface area contributed by atoms with Crippen LogP contribution in [0.5, 0.6) is 0 Å². The summed E-state index contributed by atoms with van der Waals surface area (Å²) in [4.78, 5) is 4.47. The van der Waals surface area contributed by atoms with Crippen LogP contribution in [0, 0.1) is 11.3 Å². The van der Waals surface area contributed by atoms with Gasteiger partial charge in [-0.1, -0.05) is 29.3 Å². The highest BCUT2D eigenvalue weighted by atomic mass is 35.5. The van der Waals surface area contributed by atoms with E-state index in [4.69, 9.17) is 40.1 Å². The van der Waals surface area contributed by atoms with Gasteiger partial charge in [-0.3, -0.25) is 4.57 Å². The molecule has 104 valence electrons. The fraction of sp³-hybridized carbons (Fsp3) is 0.0667.